The zero-order valence-corrected chi connectivity index (χ0v) is 15.1. The Kier molecular flexibility index (Phi) is 5.24. The number of methoxy groups -OCH3 is 1. The SMILES string of the molecule is COc1cccc(C[C@@]2(C(=O)O)CN(C(=O)c3cscn3)CC[C@H]2O)c1. The number of carbonyl (C=O) groups excluding carboxylic acids is 1. The molecule has 1 aliphatic heterocycles. The molecule has 8 heteroatoms. The summed E-state index contributed by atoms with van der Waals surface area (Å²) in [5.74, 6) is -0.818. The molecular weight excluding hydrogens is 356 g/mol. The Labute approximate surface area is 154 Å². The fourth-order valence-corrected chi connectivity index (χ4v) is 3.86. The molecule has 2 atom stereocenters. The lowest BCUT2D eigenvalue weighted by molar-refractivity contribution is -0.161. The fourth-order valence-electron chi connectivity index (χ4n) is 3.34. The minimum Gasteiger partial charge on any atom is -0.497 e. The zero-order valence-electron chi connectivity index (χ0n) is 14.3. The molecular formula is C18H20N2O5S. The van der Waals surface area contributed by atoms with Crippen molar-refractivity contribution in [3.8, 4) is 5.75 Å². The topological polar surface area (TPSA) is 100.0 Å². The molecule has 1 fully saturated rings. The summed E-state index contributed by atoms with van der Waals surface area (Å²) in [6.45, 7) is 0.224. The smallest absolute Gasteiger partial charge is 0.314 e. The summed E-state index contributed by atoms with van der Waals surface area (Å²) >= 11 is 1.31. The third-order valence-electron chi connectivity index (χ3n) is 4.80. The number of nitrogens with zero attached hydrogens (tertiary/aromatic N) is 2. The van der Waals surface area contributed by atoms with Crippen molar-refractivity contribution in [2.24, 2.45) is 5.41 Å². The Balaban J connectivity index is 1.89. The molecule has 1 amide bonds. The third-order valence-corrected chi connectivity index (χ3v) is 5.39. The first-order chi connectivity index (χ1) is 12.5. The molecule has 0 radical (unpaired) electrons. The van der Waals surface area contributed by atoms with Crippen molar-refractivity contribution < 1.29 is 24.5 Å². The van der Waals surface area contributed by atoms with E-state index in [9.17, 15) is 19.8 Å². The van der Waals surface area contributed by atoms with Gasteiger partial charge in [-0.3, -0.25) is 9.59 Å². The van der Waals surface area contributed by atoms with E-state index in [1.165, 1.54) is 23.3 Å². The van der Waals surface area contributed by atoms with Gasteiger partial charge in [-0.25, -0.2) is 4.98 Å². The van der Waals surface area contributed by atoms with Crippen LogP contribution >= 0.6 is 11.3 Å². The predicted molar refractivity (Wildman–Crippen MR) is 95.4 cm³/mol. The van der Waals surface area contributed by atoms with Crippen LogP contribution in [-0.4, -0.2) is 58.3 Å². The van der Waals surface area contributed by atoms with Crippen LogP contribution in [0.25, 0.3) is 0 Å². The number of aliphatic hydroxyl groups is 1. The van der Waals surface area contributed by atoms with Crippen LogP contribution in [0, 0.1) is 5.41 Å². The number of carbonyl (C=O) groups is 2. The molecule has 3 rings (SSSR count). The first kappa shape index (κ1) is 18.3. The van der Waals surface area contributed by atoms with Gasteiger partial charge in [-0.2, -0.15) is 0 Å². The highest BCUT2D eigenvalue weighted by molar-refractivity contribution is 7.07. The maximum Gasteiger partial charge on any atom is 0.314 e. The van der Waals surface area contributed by atoms with E-state index in [4.69, 9.17) is 4.74 Å². The van der Waals surface area contributed by atoms with Crippen LogP contribution in [0.3, 0.4) is 0 Å². The number of aromatic nitrogens is 1. The highest BCUT2D eigenvalue weighted by Crippen LogP contribution is 2.36. The van der Waals surface area contributed by atoms with Crippen LogP contribution in [0.4, 0.5) is 0 Å². The number of aliphatic carboxylic acids is 1. The minimum absolute atomic E-state index is 0.0724. The maximum atomic E-state index is 12.6. The van der Waals surface area contributed by atoms with Crippen LogP contribution < -0.4 is 4.74 Å². The number of hydrogen-bond acceptors (Lipinski definition) is 6. The molecule has 1 aliphatic rings. The number of aliphatic hydroxyl groups excluding tert-OH is 1. The molecule has 0 saturated carbocycles. The van der Waals surface area contributed by atoms with Gasteiger partial charge in [0.25, 0.3) is 5.91 Å². The summed E-state index contributed by atoms with van der Waals surface area (Å²) in [4.78, 5) is 30.2. The van der Waals surface area contributed by atoms with Crippen LogP contribution in [0.2, 0.25) is 0 Å². The van der Waals surface area contributed by atoms with Crippen molar-refractivity contribution in [2.45, 2.75) is 18.9 Å². The quantitative estimate of drug-likeness (QED) is 0.823. The molecule has 26 heavy (non-hydrogen) atoms. The van der Waals surface area contributed by atoms with Gasteiger partial charge >= 0.3 is 5.97 Å². The number of ether oxygens (including phenoxy) is 1. The largest absolute Gasteiger partial charge is 0.497 e. The van der Waals surface area contributed by atoms with Crippen molar-refractivity contribution in [2.75, 3.05) is 20.2 Å². The predicted octanol–water partition coefficient (Wildman–Crippen LogP) is 1.67. The Bertz CT molecular complexity index is 795. The number of carboxylic acids is 1. The monoisotopic (exact) mass is 376 g/mol. The summed E-state index contributed by atoms with van der Waals surface area (Å²) in [7, 11) is 1.54. The molecule has 0 spiro atoms. The first-order valence-corrected chi connectivity index (χ1v) is 9.12. The number of likely N-dealkylation sites (tertiary alicyclic amines) is 1. The van der Waals surface area contributed by atoms with Crippen molar-refractivity contribution in [1.29, 1.82) is 0 Å². The van der Waals surface area contributed by atoms with Crippen LogP contribution in [0.15, 0.2) is 35.2 Å². The summed E-state index contributed by atoms with van der Waals surface area (Å²) in [5.41, 5.74) is 1.11. The third kappa shape index (κ3) is 3.42. The van der Waals surface area contributed by atoms with Crippen molar-refractivity contribution in [1.82, 2.24) is 9.88 Å². The van der Waals surface area contributed by atoms with E-state index < -0.39 is 17.5 Å². The molecule has 1 aromatic carbocycles. The summed E-state index contributed by atoms with van der Waals surface area (Å²) in [5, 5.41) is 22.1. The normalized spacial score (nSPS) is 22.8. The number of rotatable bonds is 5. The second kappa shape index (κ2) is 7.43. The maximum absolute atomic E-state index is 12.6. The van der Waals surface area contributed by atoms with Crippen LogP contribution in [0.1, 0.15) is 22.5 Å². The first-order valence-electron chi connectivity index (χ1n) is 8.18. The summed E-state index contributed by atoms with van der Waals surface area (Å²) < 4.78 is 5.19. The highest BCUT2D eigenvalue weighted by atomic mass is 32.1. The summed E-state index contributed by atoms with van der Waals surface area (Å²) in [6, 6.07) is 7.09. The molecule has 138 valence electrons. The Hall–Kier alpha value is -2.45. The number of carboxylic acid groups (broad SMARTS) is 1. The molecule has 0 bridgehead atoms. The average Bonchev–Trinajstić information content (AvgIpc) is 3.17. The van der Waals surface area contributed by atoms with E-state index in [0.29, 0.717) is 18.0 Å². The Morgan fingerprint density at radius 2 is 2.27 bits per heavy atom. The van der Waals surface area contributed by atoms with Crippen molar-refractivity contribution in [3.05, 3.63) is 46.4 Å². The molecule has 7 nitrogen and oxygen atoms in total. The van der Waals surface area contributed by atoms with Gasteiger partial charge in [0.15, 0.2) is 0 Å². The van der Waals surface area contributed by atoms with E-state index >= 15 is 0 Å². The number of hydrogen-bond donors (Lipinski definition) is 2. The highest BCUT2D eigenvalue weighted by Gasteiger charge is 2.50. The van der Waals surface area contributed by atoms with Gasteiger partial charge in [-0.1, -0.05) is 12.1 Å². The van der Waals surface area contributed by atoms with E-state index in [-0.39, 0.29) is 25.3 Å². The van der Waals surface area contributed by atoms with Gasteiger partial charge < -0.3 is 19.8 Å². The Morgan fingerprint density at radius 3 is 2.92 bits per heavy atom. The van der Waals surface area contributed by atoms with E-state index in [1.54, 1.807) is 35.2 Å². The van der Waals surface area contributed by atoms with E-state index in [1.807, 2.05) is 0 Å². The molecule has 2 aromatic rings. The van der Waals surface area contributed by atoms with E-state index in [0.717, 1.165) is 5.56 Å². The number of piperidine rings is 1. The second-order valence-corrected chi connectivity index (χ2v) is 7.11. The van der Waals surface area contributed by atoms with Crippen LogP contribution in [-0.2, 0) is 11.2 Å². The standard InChI is InChI=1S/C18H20N2O5S/c1-25-13-4-2-3-12(7-13)8-18(17(23)24)10-20(6-5-15(18)21)16(22)14-9-26-11-19-14/h2-4,7,9,11,15,21H,5-6,8,10H2,1H3,(H,23,24)/t15-,18-/m1/s1. The zero-order chi connectivity index (χ0) is 18.7. The molecule has 0 aliphatic carbocycles. The average molecular weight is 376 g/mol. The molecule has 2 heterocycles. The minimum atomic E-state index is -1.48. The summed E-state index contributed by atoms with van der Waals surface area (Å²) in [6.07, 6.45) is -0.751. The van der Waals surface area contributed by atoms with Gasteiger partial charge in [0, 0.05) is 18.5 Å². The molecule has 1 saturated heterocycles. The van der Waals surface area contributed by atoms with Gasteiger partial charge in [-0.05, 0) is 30.5 Å². The van der Waals surface area contributed by atoms with Gasteiger partial charge in [0.05, 0.1) is 18.7 Å². The molecule has 2 N–H and O–H groups in total. The Morgan fingerprint density at radius 1 is 1.46 bits per heavy atom. The van der Waals surface area contributed by atoms with Crippen molar-refractivity contribution in [3.63, 3.8) is 0 Å². The van der Waals surface area contributed by atoms with Crippen LogP contribution in [0.5, 0.6) is 5.75 Å². The lowest BCUT2D eigenvalue weighted by Crippen LogP contribution is -2.58. The van der Waals surface area contributed by atoms with Gasteiger partial charge in [-0.15, -0.1) is 11.3 Å². The fraction of sp³-hybridized carbons (Fsp3) is 0.389. The second-order valence-electron chi connectivity index (χ2n) is 6.39. The lowest BCUT2D eigenvalue weighted by atomic mass is 9.72. The van der Waals surface area contributed by atoms with E-state index in [2.05, 4.69) is 4.98 Å². The van der Waals surface area contributed by atoms with Gasteiger partial charge in [0.2, 0.25) is 0 Å². The van der Waals surface area contributed by atoms with Gasteiger partial charge in [0.1, 0.15) is 16.9 Å². The van der Waals surface area contributed by atoms with Crippen molar-refractivity contribution >= 4 is 23.2 Å². The molecule has 1 aromatic heterocycles. The number of amides is 1. The number of benzene rings is 1. The number of thiazole rings is 1. The lowest BCUT2D eigenvalue weighted by Gasteiger charge is -2.43. The molecule has 0 unspecified atom stereocenters.